The van der Waals surface area contributed by atoms with E-state index in [1.165, 1.54) is 12.8 Å². The van der Waals surface area contributed by atoms with Crippen LogP contribution in [0.4, 0.5) is 0 Å². The molecule has 1 aliphatic carbocycles. The van der Waals surface area contributed by atoms with Gasteiger partial charge in [-0.15, -0.1) is 6.58 Å². The van der Waals surface area contributed by atoms with Gasteiger partial charge in [-0.2, -0.15) is 0 Å². The number of carbonyl (C=O) groups is 1. The van der Waals surface area contributed by atoms with Crippen molar-refractivity contribution in [2.75, 3.05) is 13.1 Å². The smallest absolute Gasteiger partial charge is 0.227 e. The Morgan fingerprint density at radius 3 is 2.50 bits per heavy atom. The van der Waals surface area contributed by atoms with E-state index < -0.39 is 0 Å². The first-order chi connectivity index (χ1) is 8.60. The van der Waals surface area contributed by atoms with E-state index in [2.05, 4.69) is 20.4 Å². The summed E-state index contributed by atoms with van der Waals surface area (Å²) in [6.07, 6.45) is 7.47. The maximum Gasteiger partial charge on any atom is 0.227 e. The van der Waals surface area contributed by atoms with Gasteiger partial charge in [0.2, 0.25) is 5.91 Å². The Morgan fingerprint density at radius 2 is 2.06 bits per heavy atom. The number of hydrogen-bond donors (Lipinski definition) is 1. The zero-order chi connectivity index (χ0) is 13.5. The number of nitrogens with zero attached hydrogens (tertiary/aromatic N) is 1. The molecule has 0 aromatic heterocycles. The van der Waals surface area contributed by atoms with Crippen molar-refractivity contribution >= 4 is 5.91 Å². The second-order valence-corrected chi connectivity index (χ2v) is 5.78. The predicted octanol–water partition coefficient (Wildman–Crippen LogP) is 2.56. The lowest BCUT2D eigenvalue weighted by Gasteiger charge is -2.31. The van der Waals surface area contributed by atoms with E-state index in [0.29, 0.717) is 25.0 Å². The highest BCUT2D eigenvalue weighted by atomic mass is 16.2. The van der Waals surface area contributed by atoms with Crippen LogP contribution in [0.1, 0.15) is 46.0 Å². The van der Waals surface area contributed by atoms with Crippen molar-refractivity contribution in [3.63, 3.8) is 0 Å². The van der Waals surface area contributed by atoms with Crippen LogP contribution < -0.4 is 5.73 Å². The first-order valence-corrected chi connectivity index (χ1v) is 7.21. The molecule has 18 heavy (non-hydrogen) atoms. The summed E-state index contributed by atoms with van der Waals surface area (Å²) in [7, 11) is 0. The molecule has 0 spiro atoms. The highest BCUT2D eigenvalue weighted by Crippen LogP contribution is 2.25. The van der Waals surface area contributed by atoms with Gasteiger partial charge in [0.1, 0.15) is 0 Å². The summed E-state index contributed by atoms with van der Waals surface area (Å²) in [5.74, 6) is 0.722. The van der Waals surface area contributed by atoms with Crippen LogP contribution in [-0.2, 0) is 4.79 Å². The van der Waals surface area contributed by atoms with Crippen LogP contribution >= 0.6 is 0 Å². The van der Waals surface area contributed by atoms with Gasteiger partial charge in [0.15, 0.2) is 0 Å². The van der Waals surface area contributed by atoms with Crippen molar-refractivity contribution in [3.05, 3.63) is 12.7 Å². The minimum atomic E-state index is -0.0226. The molecule has 0 saturated heterocycles. The second kappa shape index (κ2) is 7.57. The lowest BCUT2D eigenvalue weighted by atomic mass is 9.95. The summed E-state index contributed by atoms with van der Waals surface area (Å²) in [5.41, 5.74) is 5.78. The lowest BCUT2D eigenvalue weighted by molar-refractivity contribution is -0.137. The average Bonchev–Trinajstić information content (AvgIpc) is 2.85. The van der Waals surface area contributed by atoms with Crippen molar-refractivity contribution in [1.82, 2.24) is 4.90 Å². The molecule has 1 saturated carbocycles. The Labute approximate surface area is 111 Å². The van der Waals surface area contributed by atoms with Gasteiger partial charge in [-0.1, -0.05) is 32.8 Å². The van der Waals surface area contributed by atoms with Crippen LogP contribution in [0, 0.1) is 11.8 Å². The molecule has 1 fully saturated rings. The number of rotatable bonds is 7. The molecule has 0 heterocycles. The van der Waals surface area contributed by atoms with Crippen molar-refractivity contribution < 1.29 is 4.79 Å². The Kier molecular flexibility index (Phi) is 6.41. The van der Waals surface area contributed by atoms with Gasteiger partial charge in [-0.05, 0) is 25.2 Å². The summed E-state index contributed by atoms with van der Waals surface area (Å²) in [5, 5.41) is 0. The summed E-state index contributed by atoms with van der Waals surface area (Å²) in [6, 6.07) is 0.414. The van der Waals surface area contributed by atoms with Crippen molar-refractivity contribution in [3.8, 4) is 0 Å². The zero-order valence-electron chi connectivity index (χ0n) is 11.9. The standard InChI is InChI=1S/C15H28N2O/c1-4-9-17(14-7-5-6-8-14)15(18)13(11-16)10-12(2)3/h4,12-14H,1,5-11,16H2,2-3H3. The number of carbonyl (C=O) groups excluding carboxylic acids is 1. The molecule has 1 aliphatic rings. The van der Waals surface area contributed by atoms with Crippen LogP contribution in [-0.4, -0.2) is 29.9 Å². The Bertz CT molecular complexity index is 270. The highest BCUT2D eigenvalue weighted by molar-refractivity contribution is 5.79. The van der Waals surface area contributed by atoms with Gasteiger partial charge in [0.25, 0.3) is 0 Å². The molecule has 0 aromatic carbocycles. The van der Waals surface area contributed by atoms with Crippen molar-refractivity contribution in [2.24, 2.45) is 17.6 Å². The summed E-state index contributed by atoms with van der Waals surface area (Å²) in [6.45, 7) is 9.18. The van der Waals surface area contributed by atoms with Gasteiger partial charge >= 0.3 is 0 Å². The molecule has 2 N–H and O–H groups in total. The van der Waals surface area contributed by atoms with Gasteiger partial charge in [0, 0.05) is 19.1 Å². The maximum absolute atomic E-state index is 12.6. The Morgan fingerprint density at radius 1 is 1.44 bits per heavy atom. The minimum Gasteiger partial charge on any atom is -0.336 e. The number of nitrogens with two attached hydrogens (primary N) is 1. The first kappa shape index (κ1) is 15.2. The van der Waals surface area contributed by atoms with Gasteiger partial charge < -0.3 is 10.6 Å². The van der Waals surface area contributed by atoms with Crippen LogP contribution in [0.25, 0.3) is 0 Å². The molecule has 104 valence electrons. The maximum atomic E-state index is 12.6. The third-order valence-corrected chi connectivity index (χ3v) is 3.76. The minimum absolute atomic E-state index is 0.0226. The van der Waals surface area contributed by atoms with Crippen LogP contribution in [0.15, 0.2) is 12.7 Å². The molecule has 0 radical (unpaired) electrons. The largest absolute Gasteiger partial charge is 0.336 e. The molecule has 1 unspecified atom stereocenters. The predicted molar refractivity (Wildman–Crippen MR) is 76.2 cm³/mol. The van der Waals surface area contributed by atoms with Crippen LogP contribution in [0.3, 0.4) is 0 Å². The fourth-order valence-corrected chi connectivity index (χ4v) is 2.88. The fraction of sp³-hybridized carbons (Fsp3) is 0.800. The molecule has 0 aromatic rings. The van der Waals surface area contributed by atoms with Crippen LogP contribution in [0.2, 0.25) is 0 Å². The average molecular weight is 252 g/mol. The Hall–Kier alpha value is -0.830. The lowest BCUT2D eigenvalue weighted by Crippen LogP contribution is -2.44. The van der Waals surface area contributed by atoms with Crippen molar-refractivity contribution in [1.29, 1.82) is 0 Å². The molecule has 3 heteroatoms. The Balaban J connectivity index is 2.69. The number of hydrogen-bond acceptors (Lipinski definition) is 2. The van der Waals surface area contributed by atoms with E-state index in [4.69, 9.17) is 5.73 Å². The molecule has 1 atom stereocenters. The summed E-state index contributed by atoms with van der Waals surface area (Å²) >= 11 is 0. The van der Waals surface area contributed by atoms with E-state index in [0.717, 1.165) is 19.3 Å². The molecule has 0 bridgehead atoms. The van der Waals surface area contributed by atoms with E-state index in [1.807, 2.05) is 11.0 Å². The van der Waals surface area contributed by atoms with E-state index >= 15 is 0 Å². The van der Waals surface area contributed by atoms with Gasteiger partial charge in [-0.3, -0.25) is 4.79 Å². The number of amides is 1. The normalized spacial score (nSPS) is 18.0. The van der Waals surface area contributed by atoms with E-state index in [9.17, 15) is 4.79 Å². The first-order valence-electron chi connectivity index (χ1n) is 7.21. The van der Waals surface area contributed by atoms with E-state index in [1.54, 1.807) is 0 Å². The van der Waals surface area contributed by atoms with Gasteiger partial charge in [-0.25, -0.2) is 0 Å². The monoisotopic (exact) mass is 252 g/mol. The third kappa shape index (κ3) is 4.13. The van der Waals surface area contributed by atoms with Crippen molar-refractivity contribution in [2.45, 2.75) is 52.0 Å². The molecular formula is C15H28N2O. The third-order valence-electron chi connectivity index (χ3n) is 3.76. The van der Waals surface area contributed by atoms with Gasteiger partial charge in [0.05, 0.1) is 5.92 Å². The fourth-order valence-electron chi connectivity index (χ4n) is 2.88. The van der Waals surface area contributed by atoms with E-state index in [-0.39, 0.29) is 11.8 Å². The molecule has 0 aliphatic heterocycles. The zero-order valence-corrected chi connectivity index (χ0v) is 11.9. The topological polar surface area (TPSA) is 46.3 Å². The molecule has 3 nitrogen and oxygen atoms in total. The second-order valence-electron chi connectivity index (χ2n) is 5.78. The SMILES string of the molecule is C=CCN(C(=O)C(CN)CC(C)C)C1CCCC1. The summed E-state index contributed by atoms with van der Waals surface area (Å²) < 4.78 is 0. The molecule has 1 rings (SSSR count). The molecular weight excluding hydrogens is 224 g/mol. The highest BCUT2D eigenvalue weighted by Gasteiger charge is 2.30. The van der Waals surface area contributed by atoms with Crippen LogP contribution in [0.5, 0.6) is 0 Å². The quantitative estimate of drug-likeness (QED) is 0.708. The summed E-state index contributed by atoms with van der Waals surface area (Å²) in [4.78, 5) is 14.6. The molecule has 1 amide bonds.